The number of anilines is 1. The summed E-state index contributed by atoms with van der Waals surface area (Å²) in [7, 11) is 1.77. The number of carbonyl (C=O) groups excluding carboxylic acids is 2. The number of nitrogens with one attached hydrogen (secondary N) is 1. The summed E-state index contributed by atoms with van der Waals surface area (Å²) in [6.45, 7) is 0.591. The molecule has 0 spiro atoms. The predicted octanol–water partition coefficient (Wildman–Crippen LogP) is 2.54. The summed E-state index contributed by atoms with van der Waals surface area (Å²) in [6.07, 6.45) is 6.43. The van der Waals surface area contributed by atoms with E-state index in [1.165, 1.54) is 6.33 Å². The number of imidazole rings is 1. The lowest BCUT2D eigenvalue weighted by atomic mass is 10.1. The number of ketones is 1. The van der Waals surface area contributed by atoms with Gasteiger partial charge in [-0.3, -0.25) is 9.59 Å². The van der Waals surface area contributed by atoms with Gasteiger partial charge in [0.15, 0.2) is 5.82 Å². The van der Waals surface area contributed by atoms with Gasteiger partial charge in [-0.05, 0) is 42.0 Å². The number of hydrogen-bond donors (Lipinski definition) is 1. The SMILES string of the molecule is Cn1ccnc1C(=O)c1ccc(NC(=O)c2ccc(Cn3cncn3)cc2)cc1. The molecule has 2 heterocycles. The molecular formula is C21H18N6O2. The van der Waals surface area contributed by atoms with Crippen LogP contribution in [0, 0.1) is 0 Å². The highest BCUT2D eigenvalue weighted by atomic mass is 16.1. The van der Waals surface area contributed by atoms with Crippen molar-refractivity contribution in [3.05, 3.63) is 96.1 Å². The fraction of sp³-hybridized carbons (Fsp3) is 0.0952. The number of aromatic nitrogens is 5. The van der Waals surface area contributed by atoms with E-state index in [9.17, 15) is 9.59 Å². The van der Waals surface area contributed by atoms with Crippen LogP contribution in [-0.4, -0.2) is 36.0 Å². The first kappa shape index (κ1) is 18.3. The summed E-state index contributed by atoms with van der Waals surface area (Å²) < 4.78 is 3.38. The van der Waals surface area contributed by atoms with Gasteiger partial charge >= 0.3 is 0 Å². The molecule has 29 heavy (non-hydrogen) atoms. The topological polar surface area (TPSA) is 94.7 Å². The van der Waals surface area contributed by atoms with Crippen molar-refractivity contribution in [1.82, 2.24) is 24.3 Å². The maximum atomic E-state index is 12.5. The van der Waals surface area contributed by atoms with Crippen LogP contribution in [0.1, 0.15) is 32.1 Å². The Hall–Kier alpha value is -4.07. The van der Waals surface area contributed by atoms with Gasteiger partial charge < -0.3 is 9.88 Å². The minimum absolute atomic E-state index is 0.168. The van der Waals surface area contributed by atoms with E-state index in [2.05, 4.69) is 20.4 Å². The molecule has 0 aliphatic heterocycles. The van der Waals surface area contributed by atoms with Crippen LogP contribution in [0.5, 0.6) is 0 Å². The molecule has 4 aromatic rings. The third-order valence-electron chi connectivity index (χ3n) is 4.46. The first-order valence-corrected chi connectivity index (χ1v) is 8.95. The maximum Gasteiger partial charge on any atom is 0.255 e. The summed E-state index contributed by atoms with van der Waals surface area (Å²) in [5, 5.41) is 6.90. The van der Waals surface area contributed by atoms with Gasteiger partial charge in [0, 0.05) is 36.3 Å². The summed E-state index contributed by atoms with van der Waals surface area (Å²) in [5.41, 5.74) is 2.68. The lowest BCUT2D eigenvalue weighted by Crippen LogP contribution is -2.13. The van der Waals surface area contributed by atoms with Crippen LogP contribution >= 0.6 is 0 Å². The van der Waals surface area contributed by atoms with Crippen LogP contribution in [0.4, 0.5) is 5.69 Å². The van der Waals surface area contributed by atoms with Crippen molar-refractivity contribution in [2.24, 2.45) is 7.05 Å². The zero-order valence-corrected chi connectivity index (χ0v) is 15.7. The normalized spacial score (nSPS) is 10.7. The molecule has 4 rings (SSSR count). The van der Waals surface area contributed by atoms with Gasteiger partial charge in [0.25, 0.3) is 5.91 Å². The van der Waals surface area contributed by atoms with Crippen LogP contribution in [0.2, 0.25) is 0 Å². The molecule has 0 fully saturated rings. The van der Waals surface area contributed by atoms with Crippen molar-refractivity contribution in [3.63, 3.8) is 0 Å². The van der Waals surface area contributed by atoms with E-state index in [-0.39, 0.29) is 11.7 Å². The molecule has 0 aliphatic rings. The Bertz CT molecular complexity index is 1130. The van der Waals surface area contributed by atoms with Crippen molar-refractivity contribution < 1.29 is 9.59 Å². The second kappa shape index (κ2) is 7.89. The molecule has 144 valence electrons. The first-order chi connectivity index (χ1) is 14.1. The Labute approximate surface area is 166 Å². The lowest BCUT2D eigenvalue weighted by Gasteiger charge is -2.08. The smallest absolute Gasteiger partial charge is 0.255 e. The van der Waals surface area contributed by atoms with Gasteiger partial charge in [0.2, 0.25) is 5.78 Å². The molecule has 0 saturated heterocycles. The Balaban J connectivity index is 1.40. The number of aryl methyl sites for hydroxylation is 1. The van der Waals surface area contributed by atoms with Crippen LogP contribution < -0.4 is 5.32 Å². The average molecular weight is 386 g/mol. The molecule has 0 saturated carbocycles. The van der Waals surface area contributed by atoms with Crippen LogP contribution in [0.25, 0.3) is 0 Å². The first-order valence-electron chi connectivity index (χ1n) is 8.95. The molecule has 8 heteroatoms. The molecular weight excluding hydrogens is 368 g/mol. The second-order valence-corrected chi connectivity index (χ2v) is 6.51. The number of amides is 1. The Morgan fingerprint density at radius 1 is 1.00 bits per heavy atom. The number of carbonyl (C=O) groups is 2. The van der Waals surface area contributed by atoms with Gasteiger partial charge in [-0.1, -0.05) is 12.1 Å². The molecule has 0 radical (unpaired) electrons. The van der Waals surface area contributed by atoms with Crippen LogP contribution in [0.15, 0.2) is 73.6 Å². The zero-order chi connectivity index (χ0) is 20.2. The number of rotatable bonds is 6. The third-order valence-corrected chi connectivity index (χ3v) is 4.46. The fourth-order valence-electron chi connectivity index (χ4n) is 2.88. The highest BCUT2D eigenvalue weighted by molar-refractivity contribution is 6.07. The monoisotopic (exact) mass is 386 g/mol. The number of nitrogens with zero attached hydrogens (tertiary/aromatic N) is 5. The van der Waals surface area contributed by atoms with E-state index in [1.54, 1.807) is 71.4 Å². The molecule has 0 atom stereocenters. The molecule has 0 aliphatic carbocycles. The Kier molecular flexibility index (Phi) is 4.98. The Morgan fingerprint density at radius 3 is 2.34 bits per heavy atom. The van der Waals surface area contributed by atoms with Gasteiger partial charge in [-0.25, -0.2) is 14.6 Å². The van der Waals surface area contributed by atoms with Gasteiger partial charge in [-0.2, -0.15) is 5.10 Å². The predicted molar refractivity (Wildman–Crippen MR) is 107 cm³/mol. The summed E-state index contributed by atoms with van der Waals surface area (Å²) >= 11 is 0. The quantitative estimate of drug-likeness (QED) is 0.514. The van der Waals surface area contributed by atoms with Crippen molar-refractivity contribution in [2.75, 3.05) is 5.32 Å². The molecule has 0 bridgehead atoms. The summed E-state index contributed by atoms with van der Waals surface area (Å²) in [4.78, 5) is 32.9. The molecule has 1 N–H and O–H groups in total. The Morgan fingerprint density at radius 2 is 1.72 bits per heavy atom. The molecule has 2 aromatic heterocycles. The van der Waals surface area contributed by atoms with E-state index in [0.717, 1.165) is 5.56 Å². The summed E-state index contributed by atoms with van der Waals surface area (Å²) in [5.74, 6) is -0.0217. The second-order valence-electron chi connectivity index (χ2n) is 6.51. The molecule has 0 unspecified atom stereocenters. The van der Waals surface area contributed by atoms with Crippen molar-refractivity contribution in [1.29, 1.82) is 0 Å². The van der Waals surface area contributed by atoms with Crippen molar-refractivity contribution in [2.45, 2.75) is 6.54 Å². The van der Waals surface area contributed by atoms with Gasteiger partial charge in [-0.15, -0.1) is 0 Å². The van der Waals surface area contributed by atoms with Gasteiger partial charge in [0.05, 0.1) is 6.54 Å². The largest absolute Gasteiger partial charge is 0.331 e. The van der Waals surface area contributed by atoms with E-state index >= 15 is 0 Å². The molecule has 2 aromatic carbocycles. The van der Waals surface area contributed by atoms with E-state index in [1.807, 2.05) is 12.1 Å². The van der Waals surface area contributed by atoms with E-state index < -0.39 is 0 Å². The fourth-order valence-corrected chi connectivity index (χ4v) is 2.88. The molecule has 1 amide bonds. The average Bonchev–Trinajstić information content (AvgIpc) is 3.40. The van der Waals surface area contributed by atoms with E-state index in [0.29, 0.717) is 29.2 Å². The van der Waals surface area contributed by atoms with Crippen LogP contribution in [-0.2, 0) is 13.6 Å². The van der Waals surface area contributed by atoms with Crippen molar-refractivity contribution in [3.8, 4) is 0 Å². The minimum Gasteiger partial charge on any atom is -0.331 e. The number of benzene rings is 2. The third kappa shape index (κ3) is 4.11. The van der Waals surface area contributed by atoms with E-state index in [4.69, 9.17) is 0 Å². The van der Waals surface area contributed by atoms with Crippen LogP contribution in [0.3, 0.4) is 0 Å². The standard InChI is InChI=1S/C21H18N6O2/c1-26-11-10-23-20(26)19(28)16-6-8-18(9-7-16)25-21(29)17-4-2-15(3-5-17)12-27-14-22-13-24-27/h2-11,13-14H,12H2,1H3,(H,25,29). The van der Waals surface area contributed by atoms with Gasteiger partial charge in [0.1, 0.15) is 12.7 Å². The highest BCUT2D eigenvalue weighted by Gasteiger charge is 2.14. The maximum absolute atomic E-state index is 12.5. The number of hydrogen-bond acceptors (Lipinski definition) is 5. The highest BCUT2D eigenvalue weighted by Crippen LogP contribution is 2.15. The lowest BCUT2D eigenvalue weighted by molar-refractivity contribution is 0.102. The van der Waals surface area contributed by atoms with Crippen molar-refractivity contribution >= 4 is 17.4 Å². The minimum atomic E-state index is -0.222. The summed E-state index contributed by atoms with van der Waals surface area (Å²) in [6, 6.07) is 14.0. The zero-order valence-electron chi connectivity index (χ0n) is 15.7. The molecule has 8 nitrogen and oxygen atoms in total.